The molecular formula is C22H30O4. The lowest BCUT2D eigenvalue weighted by Gasteiger charge is -2.30. The van der Waals surface area contributed by atoms with Crippen LogP contribution in [0.5, 0.6) is 5.75 Å². The van der Waals surface area contributed by atoms with Gasteiger partial charge in [0.15, 0.2) is 0 Å². The van der Waals surface area contributed by atoms with E-state index in [4.69, 9.17) is 4.74 Å². The second-order valence-corrected chi connectivity index (χ2v) is 7.82. The second-order valence-electron chi connectivity index (χ2n) is 7.82. The van der Waals surface area contributed by atoms with E-state index in [2.05, 4.69) is 19.9 Å². The fraction of sp³-hybridized carbons (Fsp3) is 0.500. The summed E-state index contributed by atoms with van der Waals surface area (Å²) in [5, 5.41) is 19.9. The maximum Gasteiger partial charge on any atom is 0.338 e. The maximum absolute atomic E-state index is 12.6. The van der Waals surface area contributed by atoms with Crippen LogP contribution in [0.15, 0.2) is 48.1 Å². The van der Waals surface area contributed by atoms with Crippen LogP contribution in [0.1, 0.15) is 57.3 Å². The fourth-order valence-electron chi connectivity index (χ4n) is 3.25. The molecule has 1 aromatic rings. The van der Waals surface area contributed by atoms with Crippen molar-refractivity contribution in [1.82, 2.24) is 0 Å². The maximum atomic E-state index is 12.6. The van der Waals surface area contributed by atoms with Gasteiger partial charge in [0.2, 0.25) is 0 Å². The second kappa shape index (κ2) is 8.54. The molecule has 0 radical (unpaired) electrons. The Kier molecular flexibility index (Phi) is 6.65. The summed E-state index contributed by atoms with van der Waals surface area (Å²) in [4.78, 5) is 12.6. The van der Waals surface area contributed by atoms with Crippen LogP contribution in [0, 0.1) is 11.8 Å². The Balaban J connectivity index is 2.28. The van der Waals surface area contributed by atoms with Gasteiger partial charge >= 0.3 is 5.97 Å². The SMILES string of the molecule is CC1=CCC[C@@](C)(O)C=CC(C(C)C)[C@@H](OC(=O)c2ccc(O)cc2)C1. The number of aromatic hydroxyl groups is 1. The van der Waals surface area contributed by atoms with Gasteiger partial charge in [-0.2, -0.15) is 0 Å². The largest absolute Gasteiger partial charge is 0.508 e. The molecule has 4 heteroatoms. The number of phenolic OH excluding ortho intramolecular Hbond substituents is 1. The number of rotatable bonds is 3. The van der Waals surface area contributed by atoms with E-state index in [1.165, 1.54) is 12.1 Å². The summed E-state index contributed by atoms with van der Waals surface area (Å²) in [5.41, 5.74) is 0.706. The van der Waals surface area contributed by atoms with E-state index < -0.39 is 11.6 Å². The number of hydrogen-bond acceptors (Lipinski definition) is 4. The Morgan fingerprint density at radius 3 is 2.54 bits per heavy atom. The molecule has 0 bridgehead atoms. The molecule has 3 atom stereocenters. The fourth-order valence-corrected chi connectivity index (χ4v) is 3.25. The third-order valence-corrected chi connectivity index (χ3v) is 4.90. The van der Waals surface area contributed by atoms with Crippen molar-refractivity contribution in [2.45, 2.75) is 58.7 Å². The van der Waals surface area contributed by atoms with E-state index in [9.17, 15) is 15.0 Å². The summed E-state index contributed by atoms with van der Waals surface area (Å²) < 4.78 is 5.87. The summed E-state index contributed by atoms with van der Waals surface area (Å²) in [6.45, 7) is 8.04. The highest BCUT2D eigenvalue weighted by Gasteiger charge is 2.29. The lowest BCUT2D eigenvalue weighted by molar-refractivity contribution is 0.0139. The monoisotopic (exact) mass is 358 g/mol. The first kappa shape index (κ1) is 20.2. The molecule has 0 saturated heterocycles. The molecular weight excluding hydrogens is 328 g/mol. The van der Waals surface area contributed by atoms with Crippen molar-refractivity contribution >= 4 is 5.97 Å². The third-order valence-electron chi connectivity index (χ3n) is 4.90. The molecule has 0 aromatic heterocycles. The number of carbonyl (C=O) groups is 1. The van der Waals surface area contributed by atoms with Gasteiger partial charge in [0.05, 0.1) is 11.2 Å². The average Bonchev–Trinajstić information content (AvgIpc) is 2.54. The van der Waals surface area contributed by atoms with Crippen molar-refractivity contribution in [3.8, 4) is 5.75 Å². The summed E-state index contributed by atoms with van der Waals surface area (Å²) in [5.74, 6) is -0.0224. The molecule has 0 aliphatic heterocycles. The topological polar surface area (TPSA) is 66.8 Å². The van der Waals surface area contributed by atoms with Gasteiger partial charge in [-0.1, -0.05) is 37.6 Å². The first-order valence-electron chi connectivity index (χ1n) is 9.25. The molecule has 0 saturated carbocycles. The Morgan fingerprint density at radius 2 is 1.92 bits per heavy atom. The number of aliphatic hydroxyl groups is 1. The molecule has 1 aliphatic rings. The minimum Gasteiger partial charge on any atom is -0.508 e. The number of hydrogen-bond donors (Lipinski definition) is 2. The van der Waals surface area contributed by atoms with Crippen molar-refractivity contribution in [1.29, 1.82) is 0 Å². The first-order valence-corrected chi connectivity index (χ1v) is 9.25. The van der Waals surface area contributed by atoms with Gasteiger partial charge in [-0.15, -0.1) is 0 Å². The van der Waals surface area contributed by atoms with Gasteiger partial charge in [-0.25, -0.2) is 4.79 Å². The van der Waals surface area contributed by atoms with Crippen LogP contribution in [0.2, 0.25) is 0 Å². The van der Waals surface area contributed by atoms with E-state index in [0.717, 1.165) is 12.0 Å². The zero-order chi connectivity index (χ0) is 19.3. The van der Waals surface area contributed by atoms with Crippen molar-refractivity contribution in [3.05, 3.63) is 53.6 Å². The Labute approximate surface area is 156 Å². The van der Waals surface area contributed by atoms with Crippen molar-refractivity contribution in [2.75, 3.05) is 0 Å². The van der Waals surface area contributed by atoms with Crippen LogP contribution >= 0.6 is 0 Å². The number of ether oxygens (including phenoxy) is 1. The average molecular weight is 358 g/mol. The van der Waals surface area contributed by atoms with Crippen molar-refractivity contribution in [2.24, 2.45) is 11.8 Å². The predicted octanol–water partition coefficient (Wildman–Crippen LogP) is 4.63. The predicted molar refractivity (Wildman–Crippen MR) is 103 cm³/mol. The minimum absolute atomic E-state index is 0.00369. The Morgan fingerprint density at radius 1 is 1.27 bits per heavy atom. The molecule has 0 fully saturated rings. The molecule has 1 aliphatic carbocycles. The van der Waals surface area contributed by atoms with E-state index in [-0.39, 0.29) is 23.7 Å². The highest BCUT2D eigenvalue weighted by atomic mass is 16.5. The number of carbonyl (C=O) groups excluding carboxylic acids is 1. The molecule has 142 valence electrons. The van der Waals surface area contributed by atoms with Crippen LogP contribution in [-0.2, 0) is 4.74 Å². The zero-order valence-corrected chi connectivity index (χ0v) is 16.1. The lowest BCUT2D eigenvalue weighted by atomic mass is 9.83. The number of benzene rings is 1. The van der Waals surface area contributed by atoms with Crippen LogP contribution < -0.4 is 0 Å². The molecule has 0 spiro atoms. The summed E-state index contributed by atoms with van der Waals surface area (Å²) in [6, 6.07) is 6.08. The molecule has 1 aromatic carbocycles. The number of esters is 1. The van der Waals surface area contributed by atoms with E-state index in [0.29, 0.717) is 18.4 Å². The van der Waals surface area contributed by atoms with E-state index >= 15 is 0 Å². The molecule has 0 heterocycles. The van der Waals surface area contributed by atoms with Gasteiger partial charge < -0.3 is 14.9 Å². The molecule has 2 N–H and O–H groups in total. The molecule has 26 heavy (non-hydrogen) atoms. The van der Waals surface area contributed by atoms with Gasteiger partial charge in [-0.3, -0.25) is 0 Å². The van der Waals surface area contributed by atoms with Gasteiger partial charge in [0.1, 0.15) is 11.9 Å². The first-order chi connectivity index (χ1) is 12.2. The van der Waals surface area contributed by atoms with E-state index in [1.807, 2.05) is 26.0 Å². The van der Waals surface area contributed by atoms with Crippen molar-refractivity contribution in [3.63, 3.8) is 0 Å². The minimum atomic E-state index is -0.868. The summed E-state index contributed by atoms with van der Waals surface area (Å²) >= 11 is 0. The van der Waals surface area contributed by atoms with Crippen LogP contribution in [0.4, 0.5) is 0 Å². The summed E-state index contributed by atoms with van der Waals surface area (Å²) in [6.07, 6.45) is 7.77. The molecule has 4 nitrogen and oxygen atoms in total. The standard InChI is InChI=1S/C22H30O4/c1-15(2)19-11-13-22(4,25)12-5-6-16(3)14-20(19)26-21(24)17-7-9-18(23)10-8-17/h6-11,13,15,19-20,23,25H,5,12,14H2,1-4H3/t19?,20-,22+/m0/s1. The third kappa shape index (κ3) is 5.73. The highest BCUT2D eigenvalue weighted by Crippen LogP contribution is 2.29. The van der Waals surface area contributed by atoms with Crippen LogP contribution in [-0.4, -0.2) is 27.9 Å². The molecule has 0 amide bonds. The van der Waals surface area contributed by atoms with Gasteiger partial charge in [-0.05, 0) is 56.9 Å². The highest BCUT2D eigenvalue weighted by molar-refractivity contribution is 5.89. The molecule has 2 rings (SSSR count). The quantitative estimate of drug-likeness (QED) is 0.611. The van der Waals surface area contributed by atoms with Gasteiger partial charge in [0.25, 0.3) is 0 Å². The van der Waals surface area contributed by atoms with Crippen LogP contribution in [0.25, 0.3) is 0 Å². The number of phenols is 1. The Bertz CT molecular complexity index is 668. The normalized spacial score (nSPS) is 27.1. The van der Waals surface area contributed by atoms with Gasteiger partial charge in [0, 0.05) is 12.3 Å². The number of allylic oxidation sites excluding steroid dienone is 1. The Hall–Kier alpha value is -2.07. The lowest BCUT2D eigenvalue weighted by Crippen LogP contribution is -2.31. The van der Waals surface area contributed by atoms with E-state index in [1.54, 1.807) is 12.1 Å². The summed E-state index contributed by atoms with van der Waals surface area (Å²) in [7, 11) is 0. The smallest absolute Gasteiger partial charge is 0.338 e. The zero-order valence-electron chi connectivity index (χ0n) is 16.1. The van der Waals surface area contributed by atoms with Crippen molar-refractivity contribution < 1.29 is 19.7 Å². The molecule has 1 unspecified atom stereocenters. The van der Waals surface area contributed by atoms with Crippen LogP contribution in [0.3, 0.4) is 0 Å².